The third kappa shape index (κ3) is 4.22. The van der Waals surface area contributed by atoms with E-state index in [-0.39, 0.29) is 16.8 Å². The molecule has 0 N–H and O–H groups in total. The molecule has 0 unspecified atom stereocenters. The summed E-state index contributed by atoms with van der Waals surface area (Å²) < 4.78 is 25.0. The van der Waals surface area contributed by atoms with E-state index in [0.717, 1.165) is 37.9 Å². The number of aryl methyl sites for hydroxylation is 1. The minimum atomic E-state index is -3.64. The van der Waals surface area contributed by atoms with Crippen molar-refractivity contribution in [3.05, 3.63) is 53.3 Å². The van der Waals surface area contributed by atoms with Gasteiger partial charge < -0.3 is 4.90 Å². The molecular weight excluding hydrogens is 338 g/mol. The van der Waals surface area contributed by atoms with Gasteiger partial charge in [0, 0.05) is 31.0 Å². The predicted molar refractivity (Wildman–Crippen MR) is 93.9 cm³/mol. The number of aromatic nitrogens is 2. The van der Waals surface area contributed by atoms with Gasteiger partial charge in [-0.1, -0.05) is 12.1 Å². The lowest BCUT2D eigenvalue weighted by atomic mass is 10.1. The Labute approximate surface area is 147 Å². The van der Waals surface area contributed by atoms with Gasteiger partial charge in [-0.25, -0.2) is 18.4 Å². The molecule has 1 fully saturated rings. The van der Waals surface area contributed by atoms with Gasteiger partial charge in [0.1, 0.15) is 0 Å². The van der Waals surface area contributed by atoms with Crippen LogP contribution in [0.3, 0.4) is 0 Å². The van der Waals surface area contributed by atoms with E-state index in [1.807, 2.05) is 4.90 Å². The zero-order valence-corrected chi connectivity index (χ0v) is 15.0. The molecule has 132 valence electrons. The summed E-state index contributed by atoms with van der Waals surface area (Å²) in [5, 5.41) is -0.189. The minimum Gasteiger partial charge on any atom is -0.339 e. The van der Waals surface area contributed by atoms with Gasteiger partial charge in [-0.3, -0.25) is 4.79 Å². The number of nitrogens with zero attached hydrogens (tertiary/aromatic N) is 3. The van der Waals surface area contributed by atoms with Crippen molar-refractivity contribution < 1.29 is 13.2 Å². The lowest BCUT2D eigenvalue weighted by Crippen LogP contribution is -2.35. The molecular formula is C18H21N3O3S. The monoisotopic (exact) mass is 359 g/mol. The van der Waals surface area contributed by atoms with Gasteiger partial charge in [-0.2, -0.15) is 0 Å². The van der Waals surface area contributed by atoms with Gasteiger partial charge in [0.05, 0.1) is 5.75 Å². The van der Waals surface area contributed by atoms with Crippen LogP contribution in [-0.2, 0) is 15.6 Å². The van der Waals surface area contributed by atoms with Crippen LogP contribution in [0.4, 0.5) is 0 Å². The molecule has 0 spiro atoms. The van der Waals surface area contributed by atoms with Crippen LogP contribution in [0, 0.1) is 6.92 Å². The van der Waals surface area contributed by atoms with Crippen molar-refractivity contribution in [3.8, 4) is 0 Å². The molecule has 2 aromatic rings. The zero-order chi connectivity index (χ0) is 17.9. The first-order valence-electron chi connectivity index (χ1n) is 8.35. The molecule has 1 aromatic heterocycles. The number of hydrogen-bond donors (Lipinski definition) is 0. The SMILES string of the molecule is Cc1cnc(S(=O)(=O)Cc2cccc(C(=O)N3CCCCC3)c2)nc1. The molecule has 0 bridgehead atoms. The maximum absolute atomic E-state index is 12.6. The van der Waals surface area contributed by atoms with Gasteiger partial charge in [0.2, 0.25) is 15.0 Å². The first-order chi connectivity index (χ1) is 12.0. The molecule has 0 atom stereocenters. The van der Waals surface area contributed by atoms with Gasteiger partial charge >= 0.3 is 0 Å². The maximum atomic E-state index is 12.6. The fraction of sp³-hybridized carbons (Fsp3) is 0.389. The van der Waals surface area contributed by atoms with Crippen molar-refractivity contribution in [3.63, 3.8) is 0 Å². The van der Waals surface area contributed by atoms with E-state index in [4.69, 9.17) is 0 Å². The summed E-state index contributed by atoms with van der Waals surface area (Å²) >= 11 is 0. The van der Waals surface area contributed by atoms with Crippen molar-refractivity contribution in [2.45, 2.75) is 37.1 Å². The average Bonchev–Trinajstić information content (AvgIpc) is 2.62. The maximum Gasteiger partial charge on any atom is 0.253 e. The minimum absolute atomic E-state index is 0.0365. The molecule has 0 aliphatic carbocycles. The number of rotatable bonds is 4. The van der Waals surface area contributed by atoms with E-state index < -0.39 is 9.84 Å². The third-order valence-corrected chi connectivity index (χ3v) is 5.69. The standard InChI is InChI=1S/C18H21N3O3S/c1-14-11-19-18(20-12-14)25(23,24)13-15-6-5-7-16(10-15)17(22)21-8-3-2-4-9-21/h5-7,10-12H,2-4,8-9,13H2,1H3. The second-order valence-electron chi connectivity index (χ2n) is 6.36. The van der Waals surface area contributed by atoms with Crippen LogP contribution in [-0.4, -0.2) is 42.3 Å². The van der Waals surface area contributed by atoms with Crippen molar-refractivity contribution >= 4 is 15.7 Å². The Balaban J connectivity index is 1.79. The van der Waals surface area contributed by atoms with Crippen LogP contribution in [0.15, 0.2) is 41.8 Å². The van der Waals surface area contributed by atoms with Crippen LogP contribution in [0.5, 0.6) is 0 Å². The van der Waals surface area contributed by atoms with E-state index in [1.165, 1.54) is 12.4 Å². The van der Waals surface area contributed by atoms with Crippen molar-refractivity contribution in [2.75, 3.05) is 13.1 Å². The Kier molecular flexibility index (Phi) is 5.13. The van der Waals surface area contributed by atoms with Gasteiger partial charge in [-0.05, 0) is 49.4 Å². The van der Waals surface area contributed by atoms with E-state index in [1.54, 1.807) is 31.2 Å². The highest BCUT2D eigenvalue weighted by molar-refractivity contribution is 7.90. The number of carbonyl (C=O) groups excluding carboxylic acids is 1. The topological polar surface area (TPSA) is 80.2 Å². The van der Waals surface area contributed by atoms with Crippen molar-refractivity contribution in [1.29, 1.82) is 0 Å². The molecule has 0 saturated carbocycles. The smallest absolute Gasteiger partial charge is 0.253 e. The van der Waals surface area contributed by atoms with Crippen LogP contribution in [0.25, 0.3) is 0 Å². The Morgan fingerprint density at radius 3 is 2.48 bits per heavy atom. The molecule has 1 aliphatic heterocycles. The average molecular weight is 359 g/mol. The summed E-state index contributed by atoms with van der Waals surface area (Å²) in [4.78, 5) is 22.2. The van der Waals surface area contributed by atoms with Crippen LogP contribution >= 0.6 is 0 Å². The van der Waals surface area contributed by atoms with Crippen molar-refractivity contribution in [2.24, 2.45) is 0 Å². The summed E-state index contributed by atoms with van der Waals surface area (Å²) in [5.74, 6) is -0.262. The quantitative estimate of drug-likeness (QED) is 0.783. The molecule has 1 aromatic carbocycles. The number of piperidine rings is 1. The summed E-state index contributed by atoms with van der Waals surface area (Å²) in [5.41, 5.74) is 1.89. The largest absolute Gasteiger partial charge is 0.339 e. The normalized spacial score (nSPS) is 15.2. The number of likely N-dealkylation sites (tertiary alicyclic amines) is 1. The number of hydrogen-bond acceptors (Lipinski definition) is 5. The number of amides is 1. The number of benzene rings is 1. The first-order valence-corrected chi connectivity index (χ1v) is 10.0. The van der Waals surface area contributed by atoms with E-state index in [9.17, 15) is 13.2 Å². The Bertz CT molecular complexity index is 857. The number of sulfone groups is 1. The van der Waals surface area contributed by atoms with Crippen LogP contribution < -0.4 is 0 Å². The fourth-order valence-electron chi connectivity index (χ4n) is 2.90. The van der Waals surface area contributed by atoms with E-state index in [2.05, 4.69) is 9.97 Å². The third-order valence-electron chi connectivity index (χ3n) is 4.21. The second kappa shape index (κ2) is 7.31. The number of carbonyl (C=O) groups is 1. The Hall–Kier alpha value is -2.28. The van der Waals surface area contributed by atoms with Gasteiger partial charge in [0.15, 0.2) is 0 Å². The summed E-state index contributed by atoms with van der Waals surface area (Å²) in [6.45, 7) is 3.32. The summed E-state index contributed by atoms with van der Waals surface area (Å²) in [6, 6.07) is 6.81. The molecule has 3 rings (SSSR count). The molecule has 0 radical (unpaired) electrons. The van der Waals surface area contributed by atoms with Gasteiger partial charge in [-0.15, -0.1) is 0 Å². The van der Waals surface area contributed by atoms with Crippen molar-refractivity contribution in [1.82, 2.24) is 14.9 Å². The molecule has 1 saturated heterocycles. The molecule has 25 heavy (non-hydrogen) atoms. The second-order valence-corrected chi connectivity index (χ2v) is 8.24. The summed E-state index contributed by atoms with van der Waals surface area (Å²) in [7, 11) is -3.64. The molecule has 1 amide bonds. The van der Waals surface area contributed by atoms with E-state index >= 15 is 0 Å². The lowest BCUT2D eigenvalue weighted by molar-refractivity contribution is 0.0724. The molecule has 1 aliphatic rings. The highest BCUT2D eigenvalue weighted by Crippen LogP contribution is 2.17. The Morgan fingerprint density at radius 1 is 1.12 bits per heavy atom. The fourth-order valence-corrected chi connectivity index (χ4v) is 4.07. The lowest BCUT2D eigenvalue weighted by Gasteiger charge is -2.26. The Morgan fingerprint density at radius 2 is 1.80 bits per heavy atom. The molecule has 7 heteroatoms. The van der Waals surface area contributed by atoms with Gasteiger partial charge in [0.25, 0.3) is 5.91 Å². The highest BCUT2D eigenvalue weighted by atomic mass is 32.2. The molecule has 6 nitrogen and oxygen atoms in total. The predicted octanol–water partition coefficient (Wildman–Crippen LogP) is 2.39. The zero-order valence-electron chi connectivity index (χ0n) is 14.2. The first kappa shape index (κ1) is 17.5. The van der Waals surface area contributed by atoms with E-state index in [0.29, 0.717) is 11.1 Å². The highest BCUT2D eigenvalue weighted by Gasteiger charge is 2.21. The molecule has 2 heterocycles. The van der Waals surface area contributed by atoms with Crippen LogP contribution in [0.1, 0.15) is 40.7 Å². The summed E-state index contributed by atoms with van der Waals surface area (Å²) in [6.07, 6.45) is 6.15. The van der Waals surface area contributed by atoms with Crippen LogP contribution in [0.2, 0.25) is 0 Å².